The predicted octanol–water partition coefficient (Wildman–Crippen LogP) is 3.39. The lowest BCUT2D eigenvalue weighted by atomic mass is 9.97. The van der Waals surface area contributed by atoms with Gasteiger partial charge in [0.1, 0.15) is 5.75 Å². The first-order valence-electron chi connectivity index (χ1n) is 6.90. The second-order valence-electron chi connectivity index (χ2n) is 5.39. The molecule has 19 heavy (non-hydrogen) atoms. The fourth-order valence-corrected chi connectivity index (χ4v) is 1.98. The molecule has 0 unspecified atom stereocenters. The van der Waals surface area contributed by atoms with Crippen LogP contribution in [0.5, 0.6) is 5.75 Å². The van der Waals surface area contributed by atoms with E-state index in [4.69, 9.17) is 4.74 Å². The average Bonchev–Trinajstić information content (AvgIpc) is 2.37. The van der Waals surface area contributed by atoms with E-state index in [1.807, 2.05) is 18.2 Å². The van der Waals surface area contributed by atoms with Gasteiger partial charge in [0.05, 0.1) is 7.11 Å². The number of rotatable bonds is 7. The van der Waals surface area contributed by atoms with E-state index >= 15 is 0 Å². The van der Waals surface area contributed by atoms with Crippen LogP contribution in [-0.2, 0) is 0 Å². The Morgan fingerprint density at radius 2 is 1.95 bits per heavy atom. The normalized spacial score (nSPS) is 11.1. The third kappa shape index (κ3) is 4.67. The highest BCUT2D eigenvalue weighted by molar-refractivity contribution is 5.96. The van der Waals surface area contributed by atoms with Crippen molar-refractivity contribution < 1.29 is 9.53 Å². The van der Waals surface area contributed by atoms with Crippen LogP contribution in [-0.4, -0.2) is 25.5 Å². The number of carbonyl (C=O) groups is 1. The Morgan fingerprint density at radius 3 is 2.47 bits per heavy atom. The minimum atomic E-state index is 0.178. The molecule has 0 bridgehead atoms. The van der Waals surface area contributed by atoms with E-state index in [1.54, 1.807) is 7.11 Å². The van der Waals surface area contributed by atoms with Crippen LogP contribution in [0.15, 0.2) is 18.2 Å². The molecule has 1 aromatic rings. The van der Waals surface area contributed by atoms with Crippen LogP contribution in [0.4, 0.5) is 0 Å². The van der Waals surface area contributed by atoms with Crippen molar-refractivity contribution in [2.45, 2.75) is 46.1 Å². The largest absolute Gasteiger partial charge is 0.496 e. The summed E-state index contributed by atoms with van der Waals surface area (Å²) in [5.74, 6) is 1.38. The number of ether oxygens (including phenoxy) is 1. The van der Waals surface area contributed by atoms with Gasteiger partial charge in [0.25, 0.3) is 0 Å². The number of ketones is 1. The van der Waals surface area contributed by atoms with Gasteiger partial charge in [0.15, 0.2) is 5.78 Å². The molecule has 0 fully saturated rings. The van der Waals surface area contributed by atoms with E-state index in [0.29, 0.717) is 18.4 Å². The number of hydrogen-bond acceptors (Lipinski definition) is 3. The van der Waals surface area contributed by atoms with Crippen LogP contribution >= 0.6 is 0 Å². The molecule has 1 rings (SSSR count). The monoisotopic (exact) mass is 263 g/mol. The molecular formula is C16H25NO2. The van der Waals surface area contributed by atoms with Gasteiger partial charge in [-0.15, -0.1) is 0 Å². The van der Waals surface area contributed by atoms with E-state index in [9.17, 15) is 4.79 Å². The summed E-state index contributed by atoms with van der Waals surface area (Å²) in [4.78, 5) is 12.1. The van der Waals surface area contributed by atoms with Crippen LogP contribution in [0.1, 0.15) is 56.0 Å². The Hall–Kier alpha value is -1.35. The summed E-state index contributed by atoms with van der Waals surface area (Å²) >= 11 is 0. The second-order valence-corrected chi connectivity index (χ2v) is 5.39. The zero-order valence-corrected chi connectivity index (χ0v) is 12.6. The van der Waals surface area contributed by atoms with Crippen molar-refractivity contribution in [2.75, 3.05) is 13.7 Å². The second kappa shape index (κ2) is 7.29. The number of carbonyl (C=O) groups excluding carboxylic acids is 1. The predicted molar refractivity (Wildman–Crippen MR) is 79.2 cm³/mol. The molecule has 3 nitrogen and oxygen atoms in total. The summed E-state index contributed by atoms with van der Waals surface area (Å²) in [7, 11) is 1.66. The van der Waals surface area contributed by atoms with Crippen LogP contribution in [0, 0.1) is 0 Å². The lowest BCUT2D eigenvalue weighted by Gasteiger charge is -2.13. The van der Waals surface area contributed by atoms with Crippen LogP contribution in [0.2, 0.25) is 0 Å². The lowest BCUT2D eigenvalue weighted by Crippen LogP contribution is -2.25. The summed E-state index contributed by atoms with van der Waals surface area (Å²) in [5, 5.41) is 3.26. The number of hydrogen-bond donors (Lipinski definition) is 1. The third-order valence-corrected chi connectivity index (χ3v) is 3.08. The van der Waals surface area contributed by atoms with Gasteiger partial charge in [-0.1, -0.05) is 27.7 Å². The highest BCUT2D eigenvalue weighted by atomic mass is 16.5. The molecule has 0 aliphatic rings. The Bertz CT molecular complexity index is 425. The van der Waals surface area contributed by atoms with Gasteiger partial charge in [-0.3, -0.25) is 4.79 Å². The molecule has 106 valence electrons. The van der Waals surface area contributed by atoms with Crippen molar-refractivity contribution in [2.24, 2.45) is 0 Å². The van der Waals surface area contributed by atoms with Gasteiger partial charge in [-0.2, -0.15) is 0 Å². The summed E-state index contributed by atoms with van der Waals surface area (Å²) in [5.41, 5.74) is 1.86. The fraction of sp³-hybridized carbons (Fsp3) is 0.562. The number of nitrogens with one attached hydrogen (secondary N) is 1. The molecule has 0 saturated carbocycles. The number of Topliss-reactive ketones (excluding diaryl/α,β-unsaturated/α-hetero) is 1. The van der Waals surface area contributed by atoms with Gasteiger partial charge < -0.3 is 10.1 Å². The fourth-order valence-electron chi connectivity index (χ4n) is 1.98. The Labute approximate surface area is 116 Å². The van der Waals surface area contributed by atoms with Crippen molar-refractivity contribution in [1.29, 1.82) is 0 Å². The zero-order chi connectivity index (χ0) is 14.4. The molecule has 0 heterocycles. The van der Waals surface area contributed by atoms with E-state index in [2.05, 4.69) is 33.0 Å². The Morgan fingerprint density at radius 1 is 1.26 bits per heavy atom. The first-order chi connectivity index (χ1) is 8.95. The maximum Gasteiger partial charge on any atom is 0.164 e. The lowest BCUT2D eigenvalue weighted by molar-refractivity contribution is 0.0982. The maximum atomic E-state index is 12.1. The van der Waals surface area contributed by atoms with Crippen LogP contribution in [0.25, 0.3) is 0 Å². The molecule has 0 saturated heterocycles. The Balaban J connectivity index is 2.78. The topological polar surface area (TPSA) is 38.3 Å². The molecule has 0 aliphatic heterocycles. The molecule has 0 radical (unpaired) electrons. The van der Waals surface area contributed by atoms with Crippen LogP contribution in [0.3, 0.4) is 0 Å². The smallest absolute Gasteiger partial charge is 0.164 e. The van der Waals surface area contributed by atoms with E-state index < -0.39 is 0 Å². The van der Waals surface area contributed by atoms with E-state index in [1.165, 1.54) is 0 Å². The zero-order valence-electron chi connectivity index (χ0n) is 12.6. The molecular weight excluding hydrogens is 238 g/mol. The summed E-state index contributed by atoms with van der Waals surface area (Å²) in [6.07, 6.45) is 0.530. The van der Waals surface area contributed by atoms with Gasteiger partial charge in [-0.25, -0.2) is 0 Å². The van der Waals surface area contributed by atoms with E-state index in [-0.39, 0.29) is 5.78 Å². The van der Waals surface area contributed by atoms with E-state index in [0.717, 1.165) is 23.4 Å². The Kier molecular flexibility index (Phi) is 6.03. The number of methoxy groups -OCH3 is 1. The molecule has 0 amide bonds. The quantitative estimate of drug-likeness (QED) is 0.766. The molecule has 0 aliphatic carbocycles. The van der Waals surface area contributed by atoms with Crippen molar-refractivity contribution in [1.82, 2.24) is 5.32 Å². The minimum Gasteiger partial charge on any atom is -0.496 e. The first-order valence-corrected chi connectivity index (χ1v) is 6.90. The highest BCUT2D eigenvalue weighted by Crippen LogP contribution is 2.27. The van der Waals surface area contributed by atoms with Crippen molar-refractivity contribution in [3.05, 3.63) is 29.3 Å². The van der Waals surface area contributed by atoms with Gasteiger partial charge >= 0.3 is 0 Å². The maximum absolute atomic E-state index is 12.1. The van der Waals surface area contributed by atoms with Crippen LogP contribution < -0.4 is 10.1 Å². The SMILES string of the molecule is COc1ccc(C(=O)CCNC(C)C)cc1C(C)C. The minimum absolute atomic E-state index is 0.178. The van der Waals surface area contributed by atoms with Gasteiger partial charge in [0.2, 0.25) is 0 Å². The van der Waals surface area contributed by atoms with Crippen molar-refractivity contribution in [3.63, 3.8) is 0 Å². The molecule has 0 aromatic heterocycles. The summed E-state index contributed by atoms with van der Waals surface area (Å²) < 4.78 is 5.33. The van der Waals surface area contributed by atoms with Crippen molar-refractivity contribution >= 4 is 5.78 Å². The summed E-state index contributed by atoms with van der Waals surface area (Å²) in [6, 6.07) is 6.11. The molecule has 1 N–H and O–H groups in total. The molecule has 0 spiro atoms. The molecule has 1 aromatic carbocycles. The van der Waals surface area contributed by atoms with Gasteiger partial charge in [-0.05, 0) is 29.7 Å². The average molecular weight is 263 g/mol. The third-order valence-electron chi connectivity index (χ3n) is 3.08. The molecule has 0 atom stereocenters. The van der Waals surface area contributed by atoms with Crippen molar-refractivity contribution in [3.8, 4) is 5.75 Å². The van der Waals surface area contributed by atoms with Gasteiger partial charge in [0, 0.05) is 24.6 Å². The summed E-state index contributed by atoms with van der Waals surface area (Å²) in [6.45, 7) is 9.09. The first kappa shape index (κ1) is 15.7. The highest BCUT2D eigenvalue weighted by Gasteiger charge is 2.12. The standard InChI is InChI=1S/C16H25NO2/c1-11(2)14-10-13(6-7-16(14)19-5)15(18)8-9-17-12(3)4/h6-7,10-12,17H,8-9H2,1-5H3. The molecule has 3 heteroatoms. The number of benzene rings is 1.